The molecule has 5 aliphatic heterocycles. The van der Waals surface area contributed by atoms with Gasteiger partial charge in [0.2, 0.25) is 5.91 Å². The number of nitrogens with two attached hydrogens (primary N) is 1. The van der Waals surface area contributed by atoms with Crippen LogP contribution in [-0.4, -0.2) is 41.4 Å². The molecule has 0 aliphatic carbocycles. The zero-order chi connectivity index (χ0) is 30.0. The number of rotatable bonds is 1. The lowest BCUT2D eigenvalue weighted by atomic mass is 9.87. The number of thiazole rings is 1. The van der Waals surface area contributed by atoms with Gasteiger partial charge in [-0.2, -0.15) is 0 Å². The van der Waals surface area contributed by atoms with Crippen LogP contribution in [0.5, 0.6) is 17.2 Å². The standard InChI is InChI=1S/C35H32N4O4S/c36-35-38-30-21-25(8-13-31(30)44-35)34(41)39-17-15-23-19-28-11-12-29(23)33(39)24-3-1-4-27(20-24)42-18-2-16-37-32(40)14-7-22-5-9-26(43-28)10-6-22/h1,3-6,8-13,19-21,33H,2,7,14-18H2,(H2,36,38)(H,37,40). The first-order chi connectivity index (χ1) is 21.5. The van der Waals surface area contributed by atoms with Gasteiger partial charge < -0.3 is 25.4 Å². The van der Waals surface area contributed by atoms with Crippen LogP contribution in [0.2, 0.25) is 0 Å². The molecule has 0 fully saturated rings. The average Bonchev–Trinajstić information content (AvgIpc) is 3.42. The number of amides is 2. The average molecular weight is 605 g/mol. The van der Waals surface area contributed by atoms with Crippen molar-refractivity contribution in [2.45, 2.75) is 31.7 Å². The number of fused-ring (bicyclic) bond motifs is 1. The first kappa shape index (κ1) is 27.9. The van der Waals surface area contributed by atoms with Gasteiger partial charge in [-0.1, -0.05) is 41.7 Å². The summed E-state index contributed by atoms with van der Waals surface area (Å²) in [5, 5.41) is 3.47. The second-order valence-corrected chi connectivity index (χ2v) is 12.2. The predicted molar refractivity (Wildman–Crippen MR) is 171 cm³/mol. The van der Waals surface area contributed by atoms with Crippen molar-refractivity contribution in [3.05, 3.63) is 113 Å². The highest BCUT2D eigenvalue weighted by molar-refractivity contribution is 7.22. The van der Waals surface area contributed by atoms with Crippen LogP contribution in [-0.2, 0) is 17.6 Å². The van der Waals surface area contributed by atoms with E-state index >= 15 is 0 Å². The first-order valence-electron chi connectivity index (χ1n) is 14.9. The molecule has 1 unspecified atom stereocenters. The number of anilines is 1. The van der Waals surface area contributed by atoms with Crippen molar-refractivity contribution < 1.29 is 19.1 Å². The molecule has 10 rings (SSSR count). The van der Waals surface area contributed by atoms with Crippen LogP contribution in [0.1, 0.15) is 51.5 Å². The molecular formula is C35H32N4O4S. The summed E-state index contributed by atoms with van der Waals surface area (Å²) in [6.07, 6.45) is 2.47. The molecule has 44 heavy (non-hydrogen) atoms. The van der Waals surface area contributed by atoms with Gasteiger partial charge in [0.05, 0.1) is 22.9 Å². The Labute approximate surface area is 259 Å². The number of carbonyl (C=O) groups is 2. The number of ether oxygens (including phenoxy) is 2. The number of benzene rings is 4. The maximum absolute atomic E-state index is 14.1. The third kappa shape index (κ3) is 5.83. The van der Waals surface area contributed by atoms with E-state index in [1.165, 1.54) is 11.3 Å². The van der Waals surface area contributed by atoms with Gasteiger partial charge in [0.1, 0.15) is 17.2 Å². The Morgan fingerprint density at radius 2 is 1.80 bits per heavy atom. The number of aromatic nitrogens is 1. The van der Waals surface area contributed by atoms with Crippen molar-refractivity contribution in [2.24, 2.45) is 0 Å². The molecule has 0 radical (unpaired) electrons. The van der Waals surface area contributed by atoms with Crippen molar-refractivity contribution >= 4 is 38.5 Å². The summed E-state index contributed by atoms with van der Waals surface area (Å²) < 4.78 is 13.3. The number of nitrogen functional groups attached to an aromatic ring is 1. The van der Waals surface area contributed by atoms with E-state index in [-0.39, 0.29) is 17.9 Å². The fourth-order valence-corrected chi connectivity index (χ4v) is 6.67. The predicted octanol–water partition coefficient (Wildman–Crippen LogP) is 6.29. The molecule has 222 valence electrons. The van der Waals surface area contributed by atoms with Crippen molar-refractivity contribution in [1.82, 2.24) is 15.2 Å². The second kappa shape index (κ2) is 12.0. The Morgan fingerprint density at radius 3 is 2.68 bits per heavy atom. The number of nitrogens with one attached hydrogen (secondary N) is 1. The van der Waals surface area contributed by atoms with Gasteiger partial charge >= 0.3 is 0 Å². The Balaban J connectivity index is 1.26. The number of aryl methyl sites for hydroxylation is 1. The summed E-state index contributed by atoms with van der Waals surface area (Å²) in [7, 11) is 0. The molecule has 6 heterocycles. The van der Waals surface area contributed by atoms with Crippen LogP contribution in [0.4, 0.5) is 5.13 Å². The molecule has 0 saturated carbocycles. The zero-order valence-electron chi connectivity index (χ0n) is 24.1. The van der Waals surface area contributed by atoms with Gasteiger partial charge in [0, 0.05) is 25.1 Å². The van der Waals surface area contributed by atoms with Crippen molar-refractivity contribution in [2.75, 3.05) is 25.4 Å². The van der Waals surface area contributed by atoms with Crippen LogP contribution < -0.4 is 20.5 Å². The molecule has 3 N–H and O–H groups in total. The minimum Gasteiger partial charge on any atom is -0.494 e. The summed E-state index contributed by atoms with van der Waals surface area (Å²) in [4.78, 5) is 32.8. The fraction of sp³-hybridized carbons (Fsp3) is 0.229. The van der Waals surface area contributed by atoms with Gasteiger partial charge in [-0.05, 0) is 96.1 Å². The van der Waals surface area contributed by atoms with E-state index < -0.39 is 0 Å². The van der Waals surface area contributed by atoms with Crippen molar-refractivity contribution in [3.8, 4) is 17.2 Å². The third-order valence-electron chi connectivity index (χ3n) is 8.14. The molecule has 1 atom stereocenters. The van der Waals surface area contributed by atoms with E-state index in [0.717, 1.165) is 49.7 Å². The molecule has 9 heteroatoms. The summed E-state index contributed by atoms with van der Waals surface area (Å²) in [6.45, 7) is 1.55. The second-order valence-electron chi connectivity index (χ2n) is 11.1. The third-order valence-corrected chi connectivity index (χ3v) is 9.01. The SMILES string of the molecule is Nc1nc2cc(C(=O)N3CCc4cc5ccc4C3c3cccc(c3)OCCCNC(=O)CCc3ccc(cc3)O5)ccc2s1. The van der Waals surface area contributed by atoms with Crippen LogP contribution in [0, 0.1) is 0 Å². The van der Waals surface area contributed by atoms with Crippen LogP contribution in [0.25, 0.3) is 10.2 Å². The molecule has 8 nitrogen and oxygen atoms in total. The van der Waals surface area contributed by atoms with E-state index in [0.29, 0.717) is 56.1 Å². The summed E-state index contributed by atoms with van der Waals surface area (Å²) in [6, 6.07) is 27.2. The molecule has 0 saturated heterocycles. The van der Waals surface area contributed by atoms with Crippen molar-refractivity contribution in [3.63, 3.8) is 0 Å². The smallest absolute Gasteiger partial charge is 0.254 e. The first-order valence-corrected chi connectivity index (χ1v) is 15.7. The quantitative estimate of drug-likeness (QED) is 0.233. The lowest BCUT2D eigenvalue weighted by Gasteiger charge is -2.38. The number of hydrogen-bond donors (Lipinski definition) is 2. The van der Waals surface area contributed by atoms with Crippen LogP contribution in [0.15, 0.2) is 84.9 Å². The normalized spacial score (nSPS) is 17.0. The number of hydrogen-bond acceptors (Lipinski definition) is 7. The molecule has 8 bridgehead atoms. The van der Waals surface area contributed by atoms with Gasteiger partial charge in [-0.3, -0.25) is 9.59 Å². The minimum atomic E-state index is -0.326. The Kier molecular flexibility index (Phi) is 7.62. The van der Waals surface area contributed by atoms with Crippen LogP contribution in [0.3, 0.4) is 0 Å². The van der Waals surface area contributed by atoms with Gasteiger partial charge in [-0.25, -0.2) is 4.98 Å². The van der Waals surface area contributed by atoms with Gasteiger partial charge in [0.15, 0.2) is 5.13 Å². The highest BCUT2D eigenvalue weighted by Gasteiger charge is 2.33. The number of nitrogens with zero attached hydrogens (tertiary/aromatic N) is 2. The molecule has 1 aromatic heterocycles. The lowest BCUT2D eigenvalue weighted by Crippen LogP contribution is -2.40. The van der Waals surface area contributed by atoms with Crippen LogP contribution >= 0.6 is 11.3 Å². The minimum absolute atomic E-state index is 0.0222. The summed E-state index contributed by atoms with van der Waals surface area (Å²) in [5.74, 6) is 2.15. The number of carbonyl (C=O) groups excluding carboxylic acids is 2. The van der Waals surface area contributed by atoms with E-state index in [2.05, 4.69) is 22.4 Å². The Morgan fingerprint density at radius 1 is 0.932 bits per heavy atom. The highest BCUT2D eigenvalue weighted by atomic mass is 32.1. The maximum Gasteiger partial charge on any atom is 0.254 e. The van der Waals surface area contributed by atoms with Gasteiger partial charge in [0.25, 0.3) is 5.91 Å². The molecule has 0 spiro atoms. The summed E-state index contributed by atoms with van der Waals surface area (Å²) in [5.41, 5.74) is 11.5. The largest absolute Gasteiger partial charge is 0.494 e. The fourth-order valence-electron chi connectivity index (χ4n) is 5.96. The topological polar surface area (TPSA) is 107 Å². The molecule has 4 aromatic carbocycles. The molecule has 5 aromatic rings. The lowest BCUT2D eigenvalue weighted by molar-refractivity contribution is -0.121. The van der Waals surface area contributed by atoms with E-state index in [9.17, 15) is 9.59 Å². The summed E-state index contributed by atoms with van der Waals surface area (Å²) >= 11 is 1.41. The Bertz CT molecular complexity index is 1850. The van der Waals surface area contributed by atoms with E-state index in [1.54, 1.807) is 0 Å². The molecular weight excluding hydrogens is 572 g/mol. The van der Waals surface area contributed by atoms with E-state index in [1.807, 2.05) is 77.7 Å². The highest BCUT2D eigenvalue weighted by Crippen LogP contribution is 2.39. The molecule has 2 amide bonds. The zero-order valence-corrected chi connectivity index (χ0v) is 24.9. The Hall–Kier alpha value is -4.89. The van der Waals surface area contributed by atoms with Gasteiger partial charge in [-0.15, -0.1) is 0 Å². The van der Waals surface area contributed by atoms with E-state index in [4.69, 9.17) is 15.2 Å². The molecule has 5 aliphatic rings. The van der Waals surface area contributed by atoms with Crippen molar-refractivity contribution in [1.29, 1.82) is 0 Å². The maximum atomic E-state index is 14.1. The monoisotopic (exact) mass is 604 g/mol.